The SMILES string of the molecule is N=C(N)c1ccc2nc(Cc3nc4c(OCCN5CCCC5=O)cc(-n5cnc6ccccc65)cc4[nH]3)[nH]c2c1. The molecule has 7 rings (SSSR count). The molecule has 40 heavy (non-hydrogen) atoms. The van der Waals surface area contributed by atoms with Crippen molar-refractivity contribution in [2.24, 2.45) is 5.73 Å². The summed E-state index contributed by atoms with van der Waals surface area (Å²) in [6, 6.07) is 17.4. The Kier molecular flexibility index (Phi) is 5.69. The number of fused-ring (bicyclic) bond motifs is 3. The van der Waals surface area contributed by atoms with Crippen molar-refractivity contribution in [3.63, 3.8) is 0 Å². The first-order valence-electron chi connectivity index (χ1n) is 13.2. The Morgan fingerprint density at radius 3 is 2.73 bits per heavy atom. The molecule has 200 valence electrons. The van der Waals surface area contributed by atoms with E-state index in [1.54, 1.807) is 12.4 Å². The van der Waals surface area contributed by atoms with E-state index in [1.165, 1.54) is 0 Å². The number of nitrogens with one attached hydrogen (secondary N) is 3. The van der Waals surface area contributed by atoms with Crippen LogP contribution in [-0.2, 0) is 11.2 Å². The van der Waals surface area contributed by atoms with Gasteiger partial charge in [0.1, 0.15) is 41.7 Å². The van der Waals surface area contributed by atoms with Gasteiger partial charge >= 0.3 is 0 Å². The number of benzene rings is 3. The van der Waals surface area contributed by atoms with E-state index in [-0.39, 0.29) is 11.7 Å². The molecule has 0 radical (unpaired) electrons. The highest BCUT2D eigenvalue weighted by Crippen LogP contribution is 2.30. The van der Waals surface area contributed by atoms with Gasteiger partial charge < -0.3 is 25.3 Å². The number of nitrogen functional groups attached to an aromatic ring is 1. The number of nitrogens with two attached hydrogens (primary N) is 1. The Hall–Kier alpha value is -5.19. The first-order valence-corrected chi connectivity index (χ1v) is 13.2. The molecule has 5 N–H and O–H groups in total. The van der Waals surface area contributed by atoms with E-state index in [2.05, 4.69) is 19.9 Å². The van der Waals surface area contributed by atoms with Crippen molar-refractivity contribution in [1.82, 2.24) is 34.4 Å². The fourth-order valence-electron chi connectivity index (χ4n) is 5.30. The van der Waals surface area contributed by atoms with Gasteiger partial charge in [0.15, 0.2) is 0 Å². The normalized spacial score (nSPS) is 13.7. The largest absolute Gasteiger partial charge is 0.489 e. The topological polar surface area (TPSA) is 155 Å². The number of rotatable bonds is 8. The minimum Gasteiger partial charge on any atom is -0.489 e. The molecular formula is C29H27N9O2. The molecule has 0 spiro atoms. The van der Waals surface area contributed by atoms with Crippen LogP contribution in [0.5, 0.6) is 5.75 Å². The van der Waals surface area contributed by atoms with Crippen LogP contribution >= 0.6 is 0 Å². The van der Waals surface area contributed by atoms with Crippen LogP contribution in [0.15, 0.2) is 60.9 Å². The van der Waals surface area contributed by atoms with Crippen molar-refractivity contribution in [2.45, 2.75) is 19.3 Å². The average Bonchev–Trinajstić information content (AvgIpc) is 3.73. The number of imidazole rings is 3. The van der Waals surface area contributed by atoms with E-state index in [1.807, 2.05) is 58.0 Å². The second-order valence-corrected chi connectivity index (χ2v) is 9.97. The van der Waals surface area contributed by atoms with Crippen molar-refractivity contribution >= 4 is 44.8 Å². The number of hydrogen-bond acceptors (Lipinski definition) is 6. The summed E-state index contributed by atoms with van der Waals surface area (Å²) in [6.07, 6.45) is 3.75. The number of aromatic amines is 2. The number of ether oxygens (including phenoxy) is 1. The maximum absolute atomic E-state index is 12.1. The maximum atomic E-state index is 12.1. The Bertz CT molecular complexity index is 1920. The third-order valence-electron chi connectivity index (χ3n) is 7.28. The number of para-hydroxylation sites is 2. The molecule has 0 bridgehead atoms. The zero-order valence-electron chi connectivity index (χ0n) is 21.6. The lowest BCUT2D eigenvalue weighted by atomic mass is 10.2. The van der Waals surface area contributed by atoms with Gasteiger partial charge in [-0.1, -0.05) is 12.1 Å². The van der Waals surface area contributed by atoms with Gasteiger partial charge in [0.05, 0.1) is 46.2 Å². The molecule has 1 aliphatic rings. The molecule has 0 aliphatic carbocycles. The monoisotopic (exact) mass is 533 g/mol. The first kappa shape index (κ1) is 23.9. The number of likely N-dealkylation sites (tertiary alicyclic amines) is 1. The molecule has 0 atom stereocenters. The number of amidine groups is 1. The maximum Gasteiger partial charge on any atom is 0.222 e. The van der Waals surface area contributed by atoms with E-state index in [0.717, 1.165) is 57.9 Å². The molecule has 1 saturated heterocycles. The number of carbonyl (C=O) groups is 1. The van der Waals surface area contributed by atoms with E-state index in [4.69, 9.17) is 20.9 Å². The summed E-state index contributed by atoms with van der Waals surface area (Å²) in [6.45, 7) is 1.69. The Labute approximate surface area is 228 Å². The summed E-state index contributed by atoms with van der Waals surface area (Å²) in [7, 11) is 0. The van der Waals surface area contributed by atoms with Crippen LogP contribution in [0.4, 0.5) is 0 Å². The molecule has 11 nitrogen and oxygen atoms in total. The molecule has 1 aliphatic heterocycles. The van der Waals surface area contributed by atoms with Crippen LogP contribution in [0.2, 0.25) is 0 Å². The summed E-state index contributed by atoms with van der Waals surface area (Å²) >= 11 is 0. The van der Waals surface area contributed by atoms with E-state index >= 15 is 0 Å². The molecule has 0 unspecified atom stereocenters. The summed E-state index contributed by atoms with van der Waals surface area (Å²) < 4.78 is 8.29. The molecule has 3 aromatic carbocycles. The first-order chi connectivity index (χ1) is 19.5. The van der Waals surface area contributed by atoms with Crippen LogP contribution in [0, 0.1) is 5.41 Å². The molecule has 6 aromatic rings. The minimum absolute atomic E-state index is 0.0124. The lowest BCUT2D eigenvalue weighted by Crippen LogP contribution is -2.29. The van der Waals surface area contributed by atoms with Crippen molar-refractivity contribution in [1.29, 1.82) is 5.41 Å². The van der Waals surface area contributed by atoms with Gasteiger partial charge in [-0.2, -0.15) is 0 Å². The van der Waals surface area contributed by atoms with Crippen LogP contribution in [0.25, 0.3) is 38.8 Å². The Balaban J connectivity index is 1.24. The molecular weight excluding hydrogens is 506 g/mol. The summed E-state index contributed by atoms with van der Waals surface area (Å²) in [5, 5.41) is 7.69. The zero-order chi connectivity index (χ0) is 27.2. The van der Waals surface area contributed by atoms with Crippen molar-refractivity contribution in [3.05, 3.63) is 78.1 Å². The van der Waals surface area contributed by atoms with E-state index < -0.39 is 0 Å². The smallest absolute Gasteiger partial charge is 0.222 e. The fourth-order valence-corrected chi connectivity index (χ4v) is 5.30. The lowest BCUT2D eigenvalue weighted by molar-refractivity contribution is -0.128. The summed E-state index contributed by atoms with van der Waals surface area (Å²) in [4.78, 5) is 34.8. The van der Waals surface area contributed by atoms with Gasteiger partial charge in [-0.05, 0) is 42.8 Å². The van der Waals surface area contributed by atoms with Crippen LogP contribution in [-0.4, -0.2) is 65.8 Å². The van der Waals surface area contributed by atoms with Gasteiger partial charge in [0.25, 0.3) is 0 Å². The number of aromatic nitrogens is 6. The van der Waals surface area contributed by atoms with Gasteiger partial charge in [0, 0.05) is 24.6 Å². The summed E-state index contributed by atoms with van der Waals surface area (Å²) in [5.41, 5.74) is 12.2. The number of H-pyrrole nitrogens is 2. The van der Waals surface area contributed by atoms with Crippen molar-refractivity contribution in [3.8, 4) is 11.4 Å². The number of nitrogens with zero attached hydrogens (tertiary/aromatic N) is 5. The molecule has 3 aromatic heterocycles. The average molecular weight is 534 g/mol. The fraction of sp³-hybridized carbons (Fsp3) is 0.207. The number of carbonyl (C=O) groups excluding carboxylic acids is 1. The molecule has 1 fully saturated rings. The number of amides is 1. The molecule has 4 heterocycles. The van der Waals surface area contributed by atoms with Gasteiger partial charge in [-0.3, -0.25) is 14.8 Å². The number of hydrogen-bond donors (Lipinski definition) is 4. The Morgan fingerprint density at radius 2 is 1.88 bits per heavy atom. The van der Waals surface area contributed by atoms with E-state index in [0.29, 0.717) is 42.8 Å². The zero-order valence-corrected chi connectivity index (χ0v) is 21.6. The predicted octanol–water partition coefficient (Wildman–Crippen LogP) is 3.65. The van der Waals surface area contributed by atoms with Crippen molar-refractivity contribution in [2.75, 3.05) is 19.7 Å². The molecule has 1 amide bonds. The van der Waals surface area contributed by atoms with Crippen molar-refractivity contribution < 1.29 is 9.53 Å². The predicted molar refractivity (Wildman–Crippen MR) is 152 cm³/mol. The lowest BCUT2D eigenvalue weighted by Gasteiger charge is -2.16. The quantitative estimate of drug-likeness (QED) is 0.173. The summed E-state index contributed by atoms with van der Waals surface area (Å²) in [5.74, 6) is 2.29. The third kappa shape index (κ3) is 4.31. The van der Waals surface area contributed by atoms with Crippen LogP contribution in [0.1, 0.15) is 30.1 Å². The molecule has 11 heteroatoms. The highest BCUT2D eigenvalue weighted by molar-refractivity contribution is 5.98. The second-order valence-electron chi connectivity index (χ2n) is 9.97. The van der Waals surface area contributed by atoms with Crippen LogP contribution in [0.3, 0.4) is 0 Å². The Morgan fingerprint density at radius 1 is 1.02 bits per heavy atom. The van der Waals surface area contributed by atoms with Crippen LogP contribution < -0.4 is 10.5 Å². The minimum atomic E-state index is 0.0124. The van der Waals surface area contributed by atoms with E-state index in [9.17, 15) is 4.79 Å². The van der Waals surface area contributed by atoms with Gasteiger partial charge in [-0.25, -0.2) is 15.0 Å². The van der Waals surface area contributed by atoms with Gasteiger partial charge in [-0.15, -0.1) is 0 Å². The van der Waals surface area contributed by atoms with Gasteiger partial charge in [0.2, 0.25) is 5.91 Å². The second kappa shape index (κ2) is 9.53. The standard InChI is InChI=1S/C29H27N9O2/c30-29(31)17-7-8-19-21(12-17)34-25(33-19)15-26-35-22-13-18(38-16-32-20-4-1-2-5-23(20)38)14-24(28(22)36-26)40-11-10-37-9-3-6-27(37)39/h1-2,4-5,7-8,12-14,16H,3,6,9-11,15H2,(H3,30,31)(H,33,34)(H,35,36). The highest BCUT2D eigenvalue weighted by Gasteiger charge is 2.20. The highest BCUT2D eigenvalue weighted by atomic mass is 16.5. The third-order valence-corrected chi connectivity index (χ3v) is 7.28. The molecule has 0 saturated carbocycles.